The molecule has 1 heterocycles. The van der Waals surface area contributed by atoms with Crippen molar-refractivity contribution in [3.63, 3.8) is 0 Å². The van der Waals surface area contributed by atoms with E-state index in [-0.39, 0.29) is 5.91 Å². The van der Waals surface area contributed by atoms with Crippen LogP contribution >= 0.6 is 11.6 Å². The highest BCUT2D eigenvalue weighted by Crippen LogP contribution is 2.27. The zero-order valence-electron chi connectivity index (χ0n) is 18.5. The van der Waals surface area contributed by atoms with Crippen molar-refractivity contribution in [2.45, 2.75) is 33.7 Å². The van der Waals surface area contributed by atoms with Crippen LogP contribution < -0.4 is 5.43 Å². The number of halogens is 1. The third-order valence-electron chi connectivity index (χ3n) is 5.80. The second kappa shape index (κ2) is 9.41. The van der Waals surface area contributed by atoms with Crippen molar-refractivity contribution >= 4 is 34.6 Å². The zero-order valence-corrected chi connectivity index (χ0v) is 19.3. The van der Waals surface area contributed by atoms with Gasteiger partial charge in [0.2, 0.25) is 5.91 Å². The summed E-state index contributed by atoms with van der Waals surface area (Å²) >= 11 is 6.40. The predicted molar refractivity (Wildman–Crippen MR) is 133 cm³/mol. The summed E-state index contributed by atoms with van der Waals surface area (Å²) in [5.74, 6) is -0.134. The van der Waals surface area contributed by atoms with Crippen molar-refractivity contribution < 1.29 is 4.79 Å². The van der Waals surface area contributed by atoms with E-state index in [1.165, 1.54) is 5.56 Å². The summed E-state index contributed by atoms with van der Waals surface area (Å²) in [5, 5.41) is 6.11. The number of para-hydroxylation sites is 1. The Labute approximate surface area is 193 Å². The molecule has 0 saturated carbocycles. The van der Waals surface area contributed by atoms with Gasteiger partial charge in [0.1, 0.15) is 0 Å². The van der Waals surface area contributed by atoms with Crippen molar-refractivity contribution in [3.8, 4) is 0 Å². The van der Waals surface area contributed by atoms with Gasteiger partial charge in [-0.05, 0) is 49.6 Å². The first kappa shape index (κ1) is 21.8. The zero-order chi connectivity index (χ0) is 22.7. The second-order valence-electron chi connectivity index (χ2n) is 8.09. The molecule has 1 aromatic heterocycles. The van der Waals surface area contributed by atoms with Crippen molar-refractivity contribution in [3.05, 3.63) is 105 Å². The molecule has 4 nitrogen and oxygen atoms in total. The Morgan fingerprint density at radius 1 is 1.00 bits per heavy atom. The van der Waals surface area contributed by atoms with Gasteiger partial charge in [-0.15, -0.1) is 0 Å². The molecule has 0 aliphatic heterocycles. The van der Waals surface area contributed by atoms with Crippen LogP contribution in [0.3, 0.4) is 0 Å². The van der Waals surface area contributed by atoms with Gasteiger partial charge in [0, 0.05) is 33.7 Å². The van der Waals surface area contributed by atoms with Crippen LogP contribution in [0.4, 0.5) is 0 Å². The van der Waals surface area contributed by atoms with E-state index in [9.17, 15) is 4.79 Å². The normalized spacial score (nSPS) is 11.4. The maximum absolute atomic E-state index is 12.4. The Morgan fingerprint density at radius 3 is 2.53 bits per heavy atom. The van der Waals surface area contributed by atoms with Crippen LogP contribution in [0, 0.1) is 20.8 Å². The molecule has 3 aromatic carbocycles. The Morgan fingerprint density at radius 2 is 1.75 bits per heavy atom. The van der Waals surface area contributed by atoms with Crippen LogP contribution in [0.15, 0.2) is 71.8 Å². The van der Waals surface area contributed by atoms with Gasteiger partial charge in [0.05, 0.1) is 12.6 Å². The number of hydrogen-bond acceptors (Lipinski definition) is 2. The Bertz CT molecular complexity index is 1320. The SMILES string of the molecule is Cc1ccc(CC(=O)N/N=C\c2c(C)n(Cc3ccccc3Cl)c3ccccc23)c(C)c1. The minimum atomic E-state index is -0.134. The van der Waals surface area contributed by atoms with Crippen molar-refractivity contribution in [1.82, 2.24) is 9.99 Å². The van der Waals surface area contributed by atoms with Gasteiger partial charge in [-0.3, -0.25) is 4.79 Å². The molecule has 0 bridgehead atoms. The lowest BCUT2D eigenvalue weighted by Crippen LogP contribution is -2.20. The third-order valence-corrected chi connectivity index (χ3v) is 6.17. The predicted octanol–water partition coefficient (Wildman–Crippen LogP) is 5.96. The molecule has 162 valence electrons. The number of rotatable bonds is 6. The highest BCUT2D eigenvalue weighted by Gasteiger charge is 2.14. The molecule has 0 radical (unpaired) electrons. The number of hydrazone groups is 1. The molecule has 0 fully saturated rings. The Balaban J connectivity index is 1.56. The first-order valence-electron chi connectivity index (χ1n) is 10.6. The summed E-state index contributed by atoms with van der Waals surface area (Å²) in [6, 6.07) is 22.2. The minimum absolute atomic E-state index is 0.134. The van der Waals surface area contributed by atoms with Gasteiger partial charge in [-0.25, -0.2) is 5.43 Å². The summed E-state index contributed by atoms with van der Waals surface area (Å²) in [4.78, 5) is 12.4. The van der Waals surface area contributed by atoms with Gasteiger partial charge in [-0.2, -0.15) is 5.10 Å². The maximum Gasteiger partial charge on any atom is 0.244 e. The van der Waals surface area contributed by atoms with E-state index in [0.29, 0.717) is 13.0 Å². The van der Waals surface area contributed by atoms with Crippen LogP contribution in [0.1, 0.15) is 33.5 Å². The average molecular weight is 444 g/mol. The fourth-order valence-corrected chi connectivity index (χ4v) is 4.24. The van der Waals surface area contributed by atoms with Crippen molar-refractivity contribution in [2.75, 3.05) is 0 Å². The number of aromatic nitrogens is 1. The summed E-state index contributed by atoms with van der Waals surface area (Å²) in [6.07, 6.45) is 2.04. The number of aryl methyl sites for hydroxylation is 2. The molecule has 0 spiro atoms. The van der Waals surface area contributed by atoms with Gasteiger partial charge in [-0.1, -0.05) is 71.8 Å². The van der Waals surface area contributed by atoms with Crippen LogP contribution in [0.5, 0.6) is 0 Å². The first-order valence-corrected chi connectivity index (χ1v) is 11.0. The lowest BCUT2D eigenvalue weighted by Gasteiger charge is -2.10. The van der Waals surface area contributed by atoms with Gasteiger partial charge < -0.3 is 4.57 Å². The molecular weight excluding hydrogens is 418 g/mol. The van der Waals surface area contributed by atoms with Crippen LogP contribution in [0.2, 0.25) is 5.02 Å². The molecule has 0 atom stereocenters. The van der Waals surface area contributed by atoms with Crippen molar-refractivity contribution in [2.24, 2.45) is 5.10 Å². The lowest BCUT2D eigenvalue weighted by atomic mass is 10.0. The number of fused-ring (bicyclic) bond motifs is 1. The summed E-state index contributed by atoms with van der Waals surface area (Å²) < 4.78 is 2.23. The van der Waals surface area contributed by atoms with E-state index in [4.69, 9.17) is 11.6 Å². The third kappa shape index (κ3) is 4.61. The fraction of sp³-hybridized carbons (Fsp3) is 0.185. The number of nitrogens with zero attached hydrogens (tertiary/aromatic N) is 2. The van der Waals surface area contributed by atoms with E-state index in [0.717, 1.165) is 43.9 Å². The van der Waals surface area contributed by atoms with E-state index in [2.05, 4.69) is 40.2 Å². The quantitative estimate of drug-likeness (QED) is 0.290. The Hall–Kier alpha value is -3.37. The van der Waals surface area contributed by atoms with Crippen LogP contribution in [-0.2, 0) is 17.8 Å². The second-order valence-corrected chi connectivity index (χ2v) is 8.50. The average Bonchev–Trinajstić information content (AvgIpc) is 3.03. The molecule has 4 rings (SSSR count). The molecule has 1 N–H and O–H groups in total. The molecule has 32 heavy (non-hydrogen) atoms. The topological polar surface area (TPSA) is 46.4 Å². The number of hydrogen-bond donors (Lipinski definition) is 1. The maximum atomic E-state index is 12.4. The summed E-state index contributed by atoms with van der Waals surface area (Å²) in [7, 11) is 0. The Kier molecular flexibility index (Phi) is 6.42. The molecule has 0 aliphatic rings. The van der Waals surface area contributed by atoms with Crippen LogP contribution in [0.25, 0.3) is 10.9 Å². The largest absolute Gasteiger partial charge is 0.340 e. The number of nitrogens with one attached hydrogen (secondary N) is 1. The number of amides is 1. The molecule has 4 aromatic rings. The van der Waals surface area contributed by atoms with Crippen LogP contribution in [-0.4, -0.2) is 16.7 Å². The van der Waals surface area contributed by atoms with E-state index >= 15 is 0 Å². The number of carbonyl (C=O) groups is 1. The van der Waals surface area contributed by atoms with Gasteiger partial charge in [0.25, 0.3) is 0 Å². The standard InChI is InChI=1S/C27H26ClN3O/c1-18-12-13-21(19(2)14-18)15-27(32)30-29-16-24-20(3)31(26-11-7-5-9-23(24)26)17-22-8-4-6-10-25(22)28/h4-14,16H,15,17H2,1-3H3,(H,30,32)/b29-16-. The number of benzene rings is 3. The summed E-state index contributed by atoms with van der Waals surface area (Å²) in [6.45, 7) is 6.80. The smallest absolute Gasteiger partial charge is 0.244 e. The molecule has 0 saturated heterocycles. The lowest BCUT2D eigenvalue weighted by molar-refractivity contribution is -0.120. The van der Waals surface area contributed by atoms with E-state index in [1.54, 1.807) is 6.21 Å². The first-order chi connectivity index (χ1) is 15.4. The minimum Gasteiger partial charge on any atom is -0.340 e. The highest BCUT2D eigenvalue weighted by molar-refractivity contribution is 6.31. The molecule has 0 aliphatic carbocycles. The van der Waals surface area contributed by atoms with E-state index < -0.39 is 0 Å². The monoisotopic (exact) mass is 443 g/mol. The molecular formula is C27H26ClN3O. The van der Waals surface area contributed by atoms with Gasteiger partial charge in [0.15, 0.2) is 0 Å². The molecule has 1 amide bonds. The molecule has 0 unspecified atom stereocenters. The van der Waals surface area contributed by atoms with Crippen molar-refractivity contribution in [1.29, 1.82) is 0 Å². The van der Waals surface area contributed by atoms with Gasteiger partial charge >= 0.3 is 0 Å². The highest BCUT2D eigenvalue weighted by atomic mass is 35.5. The molecule has 5 heteroatoms. The fourth-order valence-electron chi connectivity index (χ4n) is 4.05. The summed E-state index contributed by atoms with van der Waals surface area (Å²) in [5.41, 5.74) is 10.2. The number of carbonyl (C=O) groups excluding carboxylic acids is 1. The van der Waals surface area contributed by atoms with E-state index in [1.807, 2.05) is 62.4 Å².